The van der Waals surface area contributed by atoms with Gasteiger partial charge in [-0.3, -0.25) is 0 Å². The van der Waals surface area contributed by atoms with Crippen LogP contribution in [-0.4, -0.2) is 17.4 Å². The first-order chi connectivity index (χ1) is 0. The summed E-state index contributed by atoms with van der Waals surface area (Å²) in [5.41, 5.74) is 0. The third-order valence-electron chi connectivity index (χ3n) is 0. The van der Waals surface area contributed by atoms with Crippen LogP contribution in [0.3, 0.4) is 0 Å². The van der Waals surface area contributed by atoms with E-state index >= 15 is 0 Å². The van der Waals surface area contributed by atoms with Crippen molar-refractivity contribution in [1.29, 1.82) is 0 Å². The van der Waals surface area contributed by atoms with Crippen molar-refractivity contribution < 1.29 is 95.9 Å². The molecule has 0 rings (SSSR count). The zero-order valence-electron chi connectivity index (χ0n) is 1.38. The normalized spacial score (nSPS) is 0. The molecule has 0 fully saturated rings. The molecule has 0 aromatic heterocycles. The SMILES string of the molecule is [AlH3].[Au].[Nd].[Y]. The monoisotopic (exact) mass is 458 g/mol. The van der Waals surface area contributed by atoms with Gasteiger partial charge in [0.1, 0.15) is 0 Å². The van der Waals surface area contributed by atoms with Crippen molar-refractivity contribution in [2.75, 3.05) is 0 Å². The Kier molecular flexibility index (Phi) is 100.0. The molecule has 0 aliphatic heterocycles. The second kappa shape index (κ2) is 15.9. The van der Waals surface area contributed by atoms with Gasteiger partial charge in [-0.05, 0) is 0 Å². The summed E-state index contributed by atoms with van der Waals surface area (Å²) >= 11 is 0. The van der Waals surface area contributed by atoms with E-state index in [4.69, 9.17) is 0 Å². The summed E-state index contributed by atoms with van der Waals surface area (Å²) in [5, 5.41) is 0. The van der Waals surface area contributed by atoms with E-state index < -0.39 is 0 Å². The van der Waals surface area contributed by atoms with Gasteiger partial charge in [0.25, 0.3) is 0 Å². The summed E-state index contributed by atoms with van der Waals surface area (Å²) in [6.07, 6.45) is 0. The number of hydrogen-bond acceptors (Lipinski definition) is 0. The molecule has 0 aliphatic carbocycles. The molecule has 0 aromatic rings. The molecule has 0 aromatic carbocycles. The number of hydrogen-bond donors (Lipinski definition) is 0. The van der Waals surface area contributed by atoms with Gasteiger partial charge in [0.15, 0.2) is 17.4 Å². The van der Waals surface area contributed by atoms with Crippen molar-refractivity contribution in [3.8, 4) is 0 Å². The molecule has 0 nitrogen and oxygen atoms in total. The molecule has 0 heterocycles. The topological polar surface area (TPSA) is 0 Å². The molecule has 0 N–H and O–H groups in total. The van der Waals surface area contributed by atoms with Crippen LogP contribution in [0, 0.1) is 40.8 Å². The average molecular weight is 460 g/mol. The van der Waals surface area contributed by atoms with Gasteiger partial charge < -0.3 is 0 Å². The second-order valence-corrected chi connectivity index (χ2v) is 0. The molecule has 0 spiro atoms. The predicted molar refractivity (Wildman–Crippen MR) is 9.94 cm³/mol. The molecule has 4 heteroatoms. The van der Waals surface area contributed by atoms with Crippen molar-refractivity contribution in [2.45, 2.75) is 0 Å². The molecular weight excluding hydrogens is 457 g/mol. The Balaban J connectivity index is 0. The first kappa shape index (κ1) is 25.2. The van der Waals surface area contributed by atoms with Gasteiger partial charge in [0, 0.05) is 95.9 Å². The van der Waals surface area contributed by atoms with Gasteiger partial charge in [0.2, 0.25) is 0 Å². The van der Waals surface area contributed by atoms with Crippen molar-refractivity contribution in [3.63, 3.8) is 0 Å². The fourth-order valence-corrected chi connectivity index (χ4v) is 0. The Morgan fingerprint density at radius 3 is 1.00 bits per heavy atom. The van der Waals surface area contributed by atoms with Gasteiger partial charge in [0.05, 0.1) is 0 Å². The van der Waals surface area contributed by atoms with Crippen molar-refractivity contribution in [2.24, 2.45) is 0 Å². The maximum atomic E-state index is 0. The van der Waals surface area contributed by atoms with Crippen molar-refractivity contribution in [1.82, 2.24) is 0 Å². The Morgan fingerprint density at radius 2 is 1.00 bits per heavy atom. The standard InChI is InChI=1S/Al.Au.Nd.Y.3H. The smallest absolute Gasteiger partial charge is 0 e. The molecule has 0 atom stereocenters. The van der Waals surface area contributed by atoms with Crippen LogP contribution in [0.2, 0.25) is 0 Å². The summed E-state index contributed by atoms with van der Waals surface area (Å²) < 4.78 is 0. The van der Waals surface area contributed by atoms with Crippen LogP contribution < -0.4 is 0 Å². The van der Waals surface area contributed by atoms with E-state index in [2.05, 4.69) is 0 Å². The van der Waals surface area contributed by atoms with Crippen LogP contribution in [0.1, 0.15) is 0 Å². The van der Waals surface area contributed by atoms with E-state index in [1.807, 2.05) is 0 Å². The molecule has 4 heavy (non-hydrogen) atoms. The van der Waals surface area contributed by atoms with Crippen LogP contribution in [0.25, 0.3) is 0 Å². The van der Waals surface area contributed by atoms with Crippen molar-refractivity contribution >= 4 is 17.4 Å². The summed E-state index contributed by atoms with van der Waals surface area (Å²) in [5.74, 6) is 0. The van der Waals surface area contributed by atoms with E-state index in [1.165, 1.54) is 0 Å². The fraction of sp³-hybridized carbons (Fsp3) is 0. The number of rotatable bonds is 0. The van der Waals surface area contributed by atoms with E-state index in [0.717, 1.165) is 0 Å². The molecule has 0 bridgehead atoms. The maximum absolute atomic E-state index is 0. The van der Waals surface area contributed by atoms with Crippen LogP contribution in [-0.2, 0) is 55.1 Å². The Morgan fingerprint density at radius 1 is 1.00 bits per heavy atom. The van der Waals surface area contributed by atoms with E-state index in [0.29, 0.717) is 0 Å². The maximum Gasteiger partial charge on any atom is 0.187 e. The quantitative estimate of drug-likeness (QED) is 0.400. The predicted octanol–water partition coefficient (Wildman–Crippen LogP) is -1.19. The molecule has 2 radical (unpaired) electrons. The first-order valence-corrected chi connectivity index (χ1v) is 0. The molecule has 0 saturated heterocycles. The van der Waals surface area contributed by atoms with Crippen molar-refractivity contribution in [3.05, 3.63) is 0 Å². The molecule has 0 unspecified atom stereocenters. The Hall–Kier alpha value is 3.73. The summed E-state index contributed by atoms with van der Waals surface area (Å²) in [4.78, 5) is 0. The van der Waals surface area contributed by atoms with Crippen LogP contribution in [0.5, 0.6) is 0 Å². The van der Waals surface area contributed by atoms with Gasteiger partial charge in [-0.1, -0.05) is 0 Å². The largest absolute Gasteiger partial charge is 0.187 e. The summed E-state index contributed by atoms with van der Waals surface area (Å²) in [6.45, 7) is 0. The van der Waals surface area contributed by atoms with E-state index in [1.54, 1.807) is 0 Å². The van der Waals surface area contributed by atoms with Crippen LogP contribution >= 0.6 is 0 Å². The zero-order valence-corrected chi connectivity index (χ0v) is 9.59. The van der Waals surface area contributed by atoms with Gasteiger partial charge >= 0.3 is 0 Å². The fourth-order valence-electron chi connectivity index (χ4n) is 0. The third-order valence-corrected chi connectivity index (χ3v) is 0. The van der Waals surface area contributed by atoms with Gasteiger partial charge in [-0.25, -0.2) is 0 Å². The Bertz CT molecular complexity index is 8.00. The average Bonchev–Trinajstić information content (AvgIpc) is 0. The summed E-state index contributed by atoms with van der Waals surface area (Å²) in [6, 6.07) is 0. The molecular formula is H3AlAuNdY. The second-order valence-electron chi connectivity index (χ2n) is 0. The molecule has 0 saturated carbocycles. The molecule has 0 aliphatic rings. The van der Waals surface area contributed by atoms with E-state index in [-0.39, 0.29) is 113 Å². The first-order valence-electron chi connectivity index (χ1n) is 0. The minimum Gasteiger partial charge on any atom is 0 e. The van der Waals surface area contributed by atoms with Gasteiger partial charge in [-0.15, -0.1) is 0 Å². The Labute approximate surface area is 110 Å². The summed E-state index contributed by atoms with van der Waals surface area (Å²) in [7, 11) is 0. The van der Waals surface area contributed by atoms with E-state index in [9.17, 15) is 0 Å². The zero-order chi connectivity index (χ0) is 0. The van der Waals surface area contributed by atoms with Gasteiger partial charge in [-0.2, -0.15) is 0 Å². The third kappa shape index (κ3) is 9.21. The van der Waals surface area contributed by atoms with Crippen LogP contribution in [0.4, 0.5) is 0 Å². The molecule has 0 amide bonds. The minimum absolute atomic E-state index is 0. The minimum atomic E-state index is 0. The molecule has 24 valence electrons. The van der Waals surface area contributed by atoms with Crippen LogP contribution in [0.15, 0.2) is 0 Å².